The molecule has 6 aromatic rings. The first-order valence-electron chi connectivity index (χ1n) is 48.4. The zero-order valence-corrected chi connectivity index (χ0v) is 85.1. The molecule has 6 N–H and O–H groups in total. The minimum absolute atomic E-state index is 0.0133. The van der Waals surface area contributed by atoms with E-state index in [4.69, 9.17) is 58.4 Å². The normalized spacial score (nSPS) is 17.3. The summed E-state index contributed by atoms with van der Waals surface area (Å²) < 4.78 is 74.9. The Hall–Kier alpha value is -9.86. The summed E-state index contributed by atoms with van der Waals surface area (Å²) in [5, 5.41) is 3.46. The van der Waals surface area contributed by atoms with Crippen LogP contribution in [0.5, 0.6) is 0 Å². The number of carbonyl (C=O) groups is 10. The predicted molar refractivity (Wildman–Crippen MR) is 521 cm³/mol. The SMILES string of the molecule is CCOC(=O)c1c(CCCCCCN2CCOCC2)[nH]c(C(=O)OC(C)(C)C)c1C.CCOC(=O)c1c(CCCOS(C)(=O)=O)[nH]c(C(=O)OC(C)(C)C)c1C.Cc1c(/C=C2\C(=O)Nc3ccc(Cl)cc32)[nH]c2c1C(=O)N(CCN1CCOCC1)CCC2.Cc1c(C(=O)OC(C)(C)C)[nH]c2c1C(=O)N(CCN1CCOCC1)CCC2.Cc1c(C=O)[nH]c2c1C(=O)N(CCN1CCOCC1)CCC2. The number of nitrogens with zero attached hydrogens (tertiary/aromatic N) is 7. The average molecular weight is 1950 g/mol. The number of rotatable bonds is 30. The molecule has 0 spiro atoms. The number of carbonyl (C=O) groups excluding carboxylic acids is 10. The van der Waals surface area contributed by atoms with Crippen molar-refractivity contribution < 1.29 is 103 Å². The lowest BCUT2D eigenvalue weighted by Gasteiger charge is -2.29. The topological polar surface area (TPSA) is 411 Å². The van der Waals surface area contributed by atoms with E-state index in [-0.39, 0.29) is 54.1 Å². The monoisotopic (exact) mass is 1950 g/mol. The zero-order valence-electron chi connectivity index (χ0n) is 83.5. The number of anilines is 1. The van der Waals surface area contributed by atoms with Gasteiger partial charge in [0.25, 0.3) is 33.7 Å². The van der Waals surface area contributed by atoms with Crippen LogP contribution in [-0.4, -0.2) is 341 Å². The van der Waals surface area contributed by atoms with Crippen molar-refractivity contribution in [1.82, 2.24) is 59.2 Å². The molecule has 35 nitrogen and oxygen atoms in total. The Morgan fingerprint density at radius 1 is 0.445 bits per heavy atom. The van der Waals surface area contributed by atoms with Gasteiger partial charge in [0.05, 0.1) is 118 Å². The van der Waals surface area contributed by atoms with E-state index >= 15 is 0 Å². The first kappa shape index (κ1) is 109. The molecule has 8 aliphatic rings. The maximum Gasteiger partial charge on any atom is 0.355 e. The number of hydrogen-bond donors (Lipinski definition) is 6. The Morgan fingerprint density at radius 2 is 0.810 bits per heavy atom. The highest BCUT2D eigenvalue weighted by Gasteiger charge is 2.37. The summed E-state index contributed by atoms with van der Waals surface area (Å²) in [5.41, 5.74) is 12.8. The van der Waals surface area contributed by atoms with E-state index in [1.165, 1.54) is 0 Å². The molecule has 756 valence electrons. The Labute approximate surface area is 811 Å². The highest BCUT2D eigenvalue weighted by Crippen LogP contribution is 2.38. The second-order valence-corrected chi connectivity index (χ2v) is 40.6. The Kier molecular flexibility index (Phi) is 40.5. The van der Waals surface area contributed by atoms with Crippen molar-refractivity contribution in [2.24, 2.45) is 0 Å². The van der Waals surface area contributed by atoms with Gasteiger partial charge in [-0.05, 0) is 240 Å². The van der Waals surface area contributed by atoms with Gasteiger partial charge in [0.1, 0.15) is 33.9 Å². The quantitative estimate of drug-likeness (QED) is 0.00609. The van der Waals surface area contributed by atoms with Crippen molar-refractivity contribution in [3.8, 4) is 0 Å². The van der Waals surface area contributed by atoms with Crippen molar-refractivity contribution in [3.05, 3.63) is 141 Å². The number of amides is 4. The first-order valence-corrected chi connectivity index (χ1v) is 50.6. The van der Waals surface area contributed by atoms with Crippen LogP contribution in [0, 0.1) is 34.6 Å². The second kappa shape index (κ2) is 50.8. The van der Waals surface area contributed by atoms with Crippen LogP contribution in [0.15, 0.2) is 18.2 Å². The molecule has 1 aromatic carbocycles. The number of aromatic amines is 5. The van der Waals surface area contributed by atoms with E-state index in [2.05, 4.69) is 49.8 Å². The van der Waals surface area contributed by atoms with E-state index in [9.17, 15) is 56.4 Å². The first-order chi connectivity index (χ1) is 65.1. The van der Waals surface area contributed by atoms with Crippen LogP contribution in [0.4, 0.5) is 5.69 Å². The average Bonchev–Trinajstić information content (AvgIpc) is 1.64. The standard InChI is InChI=1S/C24H27ClN4O3.C23H38N2O5.C20H31N3O4.C17H27NO7S.C16H23N3O3/c1-15-21(14-18-17-13-16(25)4-5-19(17)27-23(18)30)26-20-3-2-6-29(24(31)22(15)20)8-7-28-9-11-32-12-10-28;1-6-29-21(26)19-17(2)20(22(27)30-23(3,4)5)24-18(19)11-9-7-8-10-12-25-13-15-28-16-14-25;1-14-16-15(21-17(14)19(25)27-20(2,3)4)6-5-7-23(18(16)24)9-8-22-10-12-26-13-11-22;1-7-23-15(19)13-11(2)14(16(20)25-17(3,4)5)18-12(13)9-8-10-24-26(6,21)22;1-12-14(11-20)17-13-3-2-4-19(16(21)15(12)13)6-5-18-7-9-22-10-8-18/h4-5,13-14,26H,2-3,6-12H2,1H3,(H,27,30);24H,6-16H2,1-5H3;21H,5-13H2,1-4H3;18H,7-10H2,1-6H3;11,17H,2-10H2,1H3/b18-14-;;;;. The Morgan fingerprint density at radius 3 is 1.20 bits per heavy atom. The van der Waals surface area contributed by atoms with E-state index in [1.807, 2.05) is 89.2 Å². The summed E-state index contributed by atoms with van der Waals surface area (Å²) in [7, 11) is -3.53. The second-order valence-electron chi connectivity index (χ2n) is 38.5. The molecule has 4 fully saturated rings. The van der Waals surface area contributed by atoms with E-state index in [1.54, 1.807) is 60.6 Å². The molecule has 14 rings (SSSR count). The molecular weight excluding hydrogens is 1800 g/mol. The Bertz CT molecular complexity index is 5310. The molecule has 0 unspecified atom stereocenters. The van der Waals surface area contributed by atoms with Gasteiger partial charge in [-0.3, -0.25) is 47.8 Å². The molecule has 4 amide bonds. The number of aromatic nitrogens is 5. The van der Waals surface area contributed by atoms with Gasteiger partial charge in [0.15, 0.2) is 6.29 Å². The van der Waals surface area contributed by atoms with Crippen molar-refractivity contribution in [2.75, 3.05) is 202 Å². The molecule has 0 saturated carbocycles. The predicted octanol–water partition coefficient (Wildman–Crippen LogP) is 12.3. The number of nitrogens with one attached hydrogen (secondary N) is 6. The maximum absolute atomic E-state index is 13.4. The lowest BCUT2D eigenvalue weighted by atomic mass is 10.0. The number of H-pyrrole nitrogens is 5. The fourth-order valence-electron chi connectivity index (χ4n) is 17.7. The minimum Gasteiger partial charge on any atom is -0.462 e. The number of aryl methyl sites for hydroxylation is 5. The number of ether oxygens (including phenoxy) is 9. The van der Waals surface area contributed by atoms with Crippen LogP contribution < -0.4 is 5.32 Å². The number of unbranched alkanes of at least 4 members (excludes halogenated alkanes) is 3. The molecule has 137 heavy (non-hydrogen) atoms. The summed E-state index contributed by atoms with van der Waals surface area (Å²) in [4.78, 5) is 156. The van der Waals surface area contributed by atoms with E-state index < -0.39 is 50.8 Å². The lowest BCUT2D eigenvalue weighted by Crippen LogP contribution is -2.43. The van der Waals surface area contributed by atoms with Crippen molar-refractivity contribution >= 4 is 98.8 Å². The number of fused-ring (bicyclic) bond motifs is 4. The summed E-state index contributed by atoms with van der Waals surface area (Å²) in [6.45, 7) is 51.2. The highest BCUT2D eigenvalue weighted by atomic mass is 35.5. The molecule has 13 heterocycles. The third-order valence-electron chi connectivity index (χ3n) is 24.7. The molecule has 5 aromatic heterocycles. The number of aldehydes is 1. The van der Waals surface area contributed by atoms with Gasteiger partial charge in [0, 0.05) is 162 Å². The van der Waals surface area contributed by atoms with E-state index in [0.29, 0.717) is 106 Å². The van der Waals surface area contributed by atoms with Gasteiger partial charge in [0.2, 0.25) is 0 Å². The molecule has 37 heteroatoms. The fourth-order valence-corrected chi connectivity index (χ4v) is 18.3. The summed E-state index contributed by atoms with van der Waals surface area (Å²) in [6, 6.07) is 5.36. The van der Waals surface area contributed by atoms with Gasteiger partial charge in [-0.2, -0.15) is 8.42 Å². The Balaban J connectivity index is 0.000000178. The summed E-state index contributed by atoms with van der Waals surface area (Å²) in [5.74, 6) is -2.36. The van der Waals surface area contributed by atoms with Crippen LogP contribution in [0.2, 0.25) is 5.02 Å². The number of halogens is 1. The van der Waals surface area contributed by atoms with Crippen LogP contribution >= 0.6 is 11.6 Å². The molecular formula is C100H146ClN13O22S. The van der Waals surface area contributed by atoms with Crippen LogP contribution in [0.1, 0.15) is 289 Å². The third kappa shape index (κ3) is 31.6. The zero-order chi connectivity index (χ0) is 99.6. The van der Waals surface area contributed by atoms with Gasteiger partial charge in [-0.25, -0.2) is 24.0 Å². The van der Waals surface area contributed by atoms with Gasteiger partial charge < -0.3 is 87.6 Å². The highest BCUT2D eigenvalue weighted by molar-refractivity contribution is 7.86. The van der Waals surface area contributed by atoms with Gasteiger partial charge in [-0.15, -0.1) is 0 Å². The van der Waals surface area contributed by atoms with Crippen molar-refractivity contribution in [1.29, 1.82) is 0 Å². The van der Waals surface area contributed by atoms with Crippen molar-refractivity contribution in [2.45, 2.75) is 211 Å². The van der Waals surface area contributed by atoms with E-state index in [0.717, 1.165) is 291 Å². The maximum atomic E-state index is 13.4. The minimum atomic E-state index is -3.53. The van der Waals surface area contributed by atoms with Crippen LogP contribution in [0.25, 0.3) is 11.6 Å². The molecule has 0 radical (unpaired) electrons. The van der Waals surface area contributed by atoms with Crippen molar-refractivity contribution in [3.63, 3.8) is 0 Å². The van der Waals surface area contributed by atoms with Gasteiger partial charge >= 0.3 is 29.8 Å². The molecule has 8 aliphatic heterocycles. The fraction of sp³-hybridized carbons (Fsp3) is 0.620. The number of hydrogen-bond acceptors (Lipinski definition) is 26. The third-order valence-corrected chi connectivity index (χ3v) is 25.5. The summed E-state index contributed by atoms with van der Waals surface area (Å²) >= 11 is 6.16. The smallest absolute Gasteiger partial charge is 0.355 e. The number of morpholine rings is 4. The molecule has 4 saturated heterocycles. The summed E-state index contributed by atoms with van der Waals surface area (Å²) in [6.07, 6.45) is 14.4. The van der Waals surface area contributed by atoms with Crippen LogP contribution in [0.3, 0.4) is 0 Å². The van der Waals surface area contributed by atoms with Gasteiger partial charge in [-0.1, -0.05) is 24.4 Å². The number of esters is 5. The molecule has 0 aliphatic carbocycles. The molecule has 0 bridgehead atoms. The van der Waals surface area contributed by atoms with Crippen LogP contribution in [-0.2, 0) is 93.8 Å². The lowest BCUT2D eigenvalue weighted by molar-refractivity contribution is -0.110. The number of benzene rings is 1. The molecule has 0 atom stereocenters. The largest absolute Gasteiger partial charge is 0.462 e.